The third-order valence-corrected chi connectivity index (χ3v) is 4.61. The molecule has 0 saturated carbocycles. The molecule has 1 saturated heterocycles. The summed E-state index contributed by atoms with van der Waals surface area (Å²) in [5.74, 6) is 3.37. The molecule has 1 aromatic heterocycles. The quantitative estimate of drug-likeness (QED) is 0.689. The van der Waals surface area contributed by atoms with E-state index in [0.717, 1.165) is 37.0 Å². The molecule has 128 valence electrons. The van der Waals surface area contributed by atoms with Crippen molar-refractivity contribution in [2.24, 2.45) is 12.0 Å². The van der Waals surface area contributed by atoms with Crippen molar-refractivity contribution in [3.63, 3.8) is 0 Å². The van der Waals surface area contributed by atoms with Gasteiger partial charge in [-0.25, -0.2) is 4.98 Å². The Bertz CT molecular complexity index is 692. The van der Waals surface area contributed by atoms with Gasteiger partial charge in [0, 0.05) is 45.5 Å². The summed E-state index contributed by atoms with van der Waals surface area (Å²) in [7, 11) is 5.54. The Morgan fingerprint density at radius 2 is 2.17 bits per heavy atom. The summed E-state index contributed by atoms with van der Waals surface area (Å²) in [6, 6.07) is 8.40. The third-order valence-electron chi connectivity index (χ3n) is 4.61. The Hall–Kier alpha value is -2.50. The highest BCUT2D eigenvalue weighted by atomic mass is 16.5. The maximum absolute atomic E-state index is 5.24. The fourth-order valence-corrected chi connectivity index (χ4v) is 3.16. The molecule has 0 amide bonds. The summed E-state index contributed by atoms with van der Waals surface area (Å²) < 4.78 is 7.26. The summed E-state index contributed by atoms with van der Waals surface area (Å²) in [6.07, 6.45) is 4.90. The maximum Gasteiger partial charge on any atom is 0.194 e. The van der Waals surface area contributed by atoms with E-state index < -0.39 is 0 Å². The van der Waals surface area contributed by atoms with Crippen LogP contribution in [-0.4, -0.2) is 47.7 Å². The standard InChI is InChI=1S/C18H25N5O/c1-19-18(21-12-17-20-9-11-22(17)2)23-10-8-15(13-23)14-4-6-16(24-3)7-5-14/h4-7,9,11,15H,8,10,12-13H2,1-3H3,(H,19,21). The summed E-state index contributed by atoms with van der Waals surface area (Å²) in [6.45, 7) is 2.67. The van der Waals surface area contributed by atoms with Crippen molar-refractivity contribution in [1.29, 1.82) is 0 Å². The van der Waals surface area contributed by atoms with Gasteiger partial charge in [0.1, 0.15) is 11.6 Å². The molecule has 1 atom stereocenters. The van der Waals surface area contributed by atoms with E-state index in [0.29, 0.717) is 12.5 Å². The van der Waals surface area contributed by atoms with Gasteiger partial charge in [-0.3, -0.25) is 4.99 Å². The lowest BCUT2D eigenvalue weighted by molar-refractivity contribution is 0.414. The molecule has 1 aromatic carbocycles. The van der Waals surface area contributed by atoms with Crippen LogP contribution in [0.25, 0.3) is 0 Å². The first-order valence-corrected chi connectivity index (χ1v) is 8.27. The number of hydrogen-bond donors (Lipinski definition) is 1. The number of rotatable bonds is 4. The van der Waals surface area contributed by atoms with E-state index in [4.69, 9.17) is 4.74 Å². The first kappa shape index (κ1) is 16.4. The van der Waals surface area contributed by atoms with Crippen LogP contribution in [0.2, 0.25) is 0 Å². The van der Waals surface area contributed by atoms with Crippen LogP contribution in [0.3, 0.4) is 0 Å². The molecule has 0 bridgehead atoms. The Balaban J connectivity index is 1.59. The molecule has 1 aliphatic rings. The van der Waals surface area contributed by atoms with Crippen LogP contribution in [0.4, 0.5) is 0 Å². The highest BCUT2D eigenvalue weighted by Crippen LogP contribution is 2.28. The Kier molecular flexibility index (Phi) is 5.03. The van der Waals surface area contributed by atoms with E-state index in [1.807, 2.05) is 43.2 Å². The third kappa shape index (κ3) is 3.53. The van der Waals surface area contributed by atoms with Gasteiger partial charge in [0.25, 0.3) is 0 Å². The molecule has 2 heterocycles. The summed E-state index contributed by atoms with van der Waals surface area (Å²) in [5.41, 5.74) is 1.36. The second-order valence-electron chi connectivity index (χ2n) is 6.06. The van der Waals surface area contributed by atoms with Crippen LogP contribution < -0.4 is 10.1 Å². The van der Waals surface area contributed by atoms with Crippen LogP contribution in [-0.2, 0) is 13.6 Å². The topological polar surface area (TPSA) is 54.7 Å². The molecule has 0 radical (unpaired) electrons. The minimum absolute atomic E-state index is 0.530. The van der Waals surface area contributed by atoms with Crippen molar-refractivity contribution in [2.75, 3.05) is 27.2 Å². The second-order valence-corrected chi connectivity index (χ2v) is 6.06. The predicted molar refractivity (Wildman–Crippen MR) is 95.3 cm³/mol. The van der Waals surface area contributed by atoms with Crippen LogP contribution in [0.1, 0.15) is 23.7 Å². The Labute approximate surface area is 143 Å². The van der Waals surface area contributed by atoms with Gasteiger partial charge in [-0.1, -0.05) is 12.1 Å². The summed E-state index contributed by atoms with van der Waals surface area (Å²) >= 11 is 0. The number of benzene rings is 1. The SMILES string of the molecule is CN=C(NCc1nccn1C)N1CCC(c2ccc(OC)cc2)C1. The molecular weight excluding hydrogens is 302 g/mol. The number of methoxy groups -OCH3 is 1. The van der Waals surface area contributed by atoms with Crippen molar-refractivity contribution in [3.8, 4) is 5.75 Å². The molecule has 24 heavy (non-hydrogen) atoms. The highest BCUT2D eigenvalue weighted by molar-refractivity contribution is 5.80. The fraction of sp³-hybridized carbons (Fsp3) is 0.444. The number of ether oxygens (including phenoxy) is 1. The number of imidazole rings is 1. The number of aliphatic imine (C=N–C) groups is 1. The van der Waals surface area contributed by atoms with Gasteiger partial charge in [-0.15, -0.1) is 0 Å². The number of nitrogens with one attached hydrogen (secondary N) is 1. The molecule has 0 aliphatic carbocycles. The average Bonchev–Trinajstić information content (AvgIpc) is 3.25. The highest BCUT2D eigenvalue weighted by Gasteiger charge is 2.26. The van der Waals surface area contributed by atoms with E-state index >= 15 is 0 Å². The molecule has 6 heteroatoms. The Morgan fingerprint density at radius 1 is 1.38 bits per heavy atom. The van der Waals surface area contributed by atoms with Crippen molar-refractivity contribution in [3.05, 3.63) is 48.0 Å². The van der Waals surface area contributed by atoms with E-state index in [9.17, 15) is 0 Å². The summed E-state index contributed by atoms with van der Waals surface area (Å²) in [5, 5.41) is 3.42. The zero-order chi connectivity index (χ0) is 16.9. The van der Waals surface area contributed by atoms with Gasteiger partial charge in [0.2, 0.25) is 0 Å². The first-order chi connectivity index (χ1) is 11.7. The lowest BCUT2D eigenvalue weighted by atomic mass is 9.98. The number of hydrogen-bond acceptors (Lipinski definition) is 3. The second kappa shape index (κ2) is 7.38. The van der Waals surface area contributed by atoms with Gasteiger partial charge in [-0.2, -0.15) is 0 Å². The van der Waals surface area contributed by atoms with Gasteiger partial charge in [0.05, 0.1) is 13.7 Å². The van der Waals surface area contributed by atoms with Gasteiger partial charge in [-0.05, 0) is 24.1 Å². The lowest BCUT2D eigenvalue weighted by Gasteiger charge is -2.21. The number of guanidine groups is 1. The largest absolute Gasteiger partial charge is 0.497 e. The van der Waals surface area contributed by atoms with Crippen LogP contribution in [0.5, 0.6) is 5.75 Å². The van der Waals surface area contributed by atoms with Crippen molar-refractivity contribution in [1.82, 2.24) is 19.8 Å². The zero-order valence-corrected chi connectivity index (χ0v) is 14.6. The van der Waals surface area contributed by atoms with Gasteiger partial charge in [0.15, 0.2) is 5.96 Å². The number of aryl methyl sites for hydroxylation is 1. The Morgan fingerprint density at radius 3 is 2.79 bits per heavy atom. The average molecular weight is 327 g/mol. The van der Waals surface area contributed by atoms with E-state index in [-0.39, 0.29) is 0 Å². The van der Waals surface area contributed by atoms with Crippen molar-refractivity contribution >= 4 is 5.96 Å². The van der Waals surface area contributed by atoms with Crippen molar-refractivity contribution in [2.45, 2.75) is 18.9 Å². The zero-order valence-electron chi connectivity index (χ0n) is 14.6. The number of likely N-dealkylation sites (tertiary alicyclic amines) is 1. The van der Waals surface area contributed by atoms with Crippen LogP contribution in [0, 0.1) is 0 Å². The van der Waals surface area contributed by atoms with Crippen molar-refractivity contribution < 1.29 is 4.74 Å². The van der Waals surface area contributed by atoms with Crippen LogP contribution >= 0.6 is 0 Å². The normalized spacial score (nSPS) is 18.0. The molecule has 2 aromatic rings. The van der Waals surface area contributed by atoms with E-state index in [2.05, 4.69) is 32.3 Å². The number of nitrogens with zero attached hydrogens (tertiary/aromatic N) is 4. The minimum atomic E-state index is 0.530. The molecule has 0 spiro atoms. The number of aromatic nitrogens is 2. The molecule has 6 nitrogen and oxygen atoms in total. The first-order valence-electron chi connectivity index (χ1n) is 8.27. The molecule has 1 N–H and O–H groups in total. The summed E-state index contributed by atoms with van der Waals surface area (Å²) in [4.78, 5) is 11.1. The molecule has 1 unspecified atom stereocenters. The molecule has 1 fully saturated rings. The van der Waals surface area contributed by atoms with E-state index in [1.165, 1.54) is 5.56 Å². The van der Waals surface area contributed by atoms with E-state index in [1.54, 1.807) is 7.11 Å². The molecule has 3 rings (SSSR count). The minimum Gasteiger partial charge on any atom is -0.497 e. The van der Waals surface area contributed by atoms with Gasteiger partial charge >= 0.3 is 0 Å². The lowest BCUT2D eigenvalue weighted by Crippen LogP contribution is -2.39. The smallest absolute Gasteiger partial charge is 0.194 e. The van der Waals surface area contributed by atoms with Gasteiger partial charge < -0.3 is 19.5 Å². The molecular formula is C18H25N5O. The fourth-order valence-electron chi connectivity index (χ4n) is 3.16. The maximum atomic E-state index is 5.24. The molecule has 1 aliphatic heterocycles. The monoisotopic (exact) mass is 327 g/mol. The van der Waals surface area contributed by atoms with Crippen LogP contribution in [0.15, 0.2) is 41.7 Å². The predicted octanol–water partition coefficient (Wildman–Crippen LogP) is 1.99.